The lowest BCUT2D eigenvalue weighted by molar-refractivity contribution is -0.159. The molecule has 0 aliphatic carbocycles. The van der Waals surface area contributed by atoms with E-state index >= 15 is 0 Å². The number of hydrogen-bond acceptors (Lipinski definition) is 7. The molecule has 10 nitrogen and oxygen atoms in total. The van der Waals surface area contributed by atoms with Crippen LogP contribution in [0.1, 0.15) is 13.8 Å². The highest BCUT2D eigenvalue weighted by Gasteiger charge is 2.14. The summed E-state index contributed by atoms with van der Waals surface area (Å²) in [5.41, 5.74) is 0. The molecule has 0 aromatic heterocycles. The average Bonchev–Trinajstić information content (AvgIpc) is 2.60. The molecule has 0 fully saturated rings. The Morgan fingerprint density at radius 3 is 2.11 bits per heavy atom. The fourth-order valence-corrected chi connectivity index (χ4v) is 2.20. The van der Waals surface area contributed by atoms with Gasteiger partial charge in [0.25, 0.3) is 0 Å². The third-order valence-corrected chi connectivity index (χ3v) is 4.82. The van der Waals surface area contributed by atoms with E-state index in [0.717, 1.165) is 0 Å². The number of carboxylic acids is 2. The van der Waals surface area contributed by atoms with Crippen molar-refractivity contribution in [3.63, 3.8) is 0 Å². The van der Waals surface area contributed by atoms with Crippen LogP contribution in [0.15, 0.2) is 30.3 Å². The highest BCUT2D eigenvalue weighted by atomic mass is 32.2. The van der Waals surface area contributed by atoms with E-state index < -0.39 is 33.3 Å². The van der Waals surface area contributed by atoms with Gasteiger partial charge in [0.15, 0.2) is 0 Å². The molecule has 1 aromatic rings. The Bertz CT molecular complexity index is 652. The van der Waals surface area contributed by atoms with Crippen molar-refractivity contribution in [3.8, 4) is 5.75 Å². The zero-order chi connectivity index (χ0) is 20.9. The first-order valence-corrected chi connectivity index (χ1v) is 9.62. The number of hydrogen-bond donors (Lipinski definition) is 5. The van der Waals surface area contributed by atoms with Gasteiger partial charge in [-0.1, -0.05) is 18.2 Å². The Balaban J connectivity index is 0.000000972. The number of para-hydroxylation sites is 1. The molecule has 11 heteroatoms. The number of carbonyl (C=O) groups is 2. The van der Waals surface area contributed by atoms with E-state index in [1.54, 1.807) is 13.8 Å². The molecule has 0 bridgehead atoms. The van der Waals surface area contributed by atoms with Gasteiger partial charge < -0.3 is 25.4 Å². The Labute approximate surface area is 158 Å². The molecule has 0 heterocycles. The molecule has 0 saturated carbocycles. The second-order valence-electron chi connectivity index (χ2n) is 5.58. The third kappa shape index (κ3) is 12.7. The maximum absolute atomic E-state index is 11.5. The second kappa shape index (κ2) is 13.0. The van der Waals surface area contributed by atoms with Gasteiger partial charge in [-0.05, 0) is 26.0 Å². The summed E-state index contributed by atoms with van der Waals surface area (Å²) in [6, 6.07) is 9.26. The Morgan fingerprint density at radius 2 is 1.63 bits per heavy atom. The van der Waals surface area contributed by atoms with E-state index in [4.69, 9.17) is 24.5 Å². The number of nitrogens with one attached hydrogen (secondary N) is 2. The first-order valence-electron chi connectivity index (χ1n) is 8.07. The number of benzene rings is 1. The summed E-state index contributed by atoms with van der Waals surface area (Å²) in [5.74, 6) is -2.94. The Hall–Kier alpha value is -2.21. The lowest BCUT2D eigenvalue weighted by Gasteiger charge is -2.14. The van der Waals surface area contributed by atoms with Crippen molar-refractivity contribution in [1.29, 1.82) is 0 Å². The fourth-order valence-electron chi connectivity index (χ4n) is 1.49. The lowest BCUT2D eigenvalue weighted by atomic mass is 10.3. The molecule has 0 saturated heterocycles. The summed E-state index contributed by atoms with van der Waals surface area (Å²) in [6.07, 6.45) is -0.646. The van der Waals surface area contributed by atoms with Crippen molar-refractivity contribution >= 4 is 22.0 Å². The van der Waals surface area contributed by atoms with Crippen molar-refractivity contribution in [3.05, 3.63) is 30.3 Å². The van der Waals surface area contributed by atoms with Crippen molar-refractivity contribution < 1.29 is 38.1 Å². The number of rotatable bonds is 10. The average molecular weight is 406 g/mol. The second-order valence-corrected chi connectivity index (χ2v) is 7.90. The van der Waals surface area contributed by atoms with Crippen LogP contribution in [0, 0.1) is 0 Å². The number of ether oxygens (including phenoxy) is 1. The van der Waals surface area contributed by atoms with Gasteiger partial charge in [-0.2, -0.15) is 0 Å². The van der Waals surface area contributed by atoms with E-state index in [0.29, 0.717) is 25.4 Å². The van der Waals surface area contributed by atoms with Gasteiger partial charge in [0.2, 0.25) is 10.0 Å². The van der Waals surface area contributed by atoms with Crippen LogP contribution < -0.4 is 14.8 Å². The summed E-state index contributed by atoms with van der Waals surface area (Å²) >= 11 is 0. The molecule has 0 radical (unpaired) electrons. The van der Waals surface area contributed by atoms with E-state index in [1.807, 2.05) is 30.3 Å². The Kier molecular flexibility index (Phi) is 12.0. The summed E-state index contributed by atoms with van der Waals surface area (Å²) in [4.78, 5) is 18.2. The summed E-state index contributed by atoms with van der Waals surface area (Å²) < 4.78 is 30.9. The molecule has 1 unspecified atom stereocenters. The largest absolute Gasteiger partial charge is 0.491 e. The molecule has 27 heavy (non-hydrogen) atoms. The van der Waals surface area contributed by atoms with Crippen LogP contribution in [0.5, 0.6) is 5.75 Å². The van der Waals surface area contributed by atoms with Gasteiger partial charge in [-0.15, -0.1) is 0 Å². The van der Waals surface area contributed by atoms with E-state index in [1.165, 1.54) is 0 Å². The van der Waals surface area contributed by atoms with Gasteiger partial charge in [0.1, 0.15) is 18.5 Å². The van der Waals surface area contributed by atoms with Crippen LogP contribution in [0.3, 0.4) is 0 Å². The quantitative estimate of drug-likeness (QED) is 0.255. The Morgan fingerprint density at radius 1 is 1.07 bits per heavy atom. The van der Waals surface area contributed by atoms with Gasteiger partial charge in [-0.3, -0.25) is 0 Å². The first kappa shape index (κ1) is 24.8. The minimum atomic E-state index is -3.22. The van der Waals surface area contributed by atoms with E-state index in [2.05, 4.69) is 10.0 Å². The number of aliphatic carboxylic acids is 2. The maximum Gasteiger partial charge on any atom is 0.414 e. The van der Waals surface area contributed by atoms with Gasteiger partial charge in [0, 0.05) is 19.6 Å². The van der Waals surface area contributed by atoms with Crippen molar-refractivity contribution in [2.45, 2.75) is 25.2 Å². The molecule has 1 rings (SSSR count). The van der Waals surface area contributed by atoms with Crippen LogP contribution in [0.25, 0.3) is 0 Å². The number of aliphatic hydroxyl groups excluding tert-OH is 1. The van der Waals surface area contributed by atoms with Crippen molar-refractivity contribution in [2.24, 2.45) is 0 Å². The van der Waals surface area contributed by atoms with Gasteiger partial charge in [-0.25, -0.2) is 22.7 Å². The zero-order valence-corrected chi connectivity index (χ0v) is 16.0. The molecule has 154 valence electrons. The zero-order valence-electron chi connectivity index (χ0n) is 15.2. The maximum atomic E-state index is 11.5. The summed E-state index contributed by atoms with van der Waals surface area (Å²) in [7, 11) is -3.22. The predicted octanol–water partition coefficient (Wildman–Crippen LogP) is -0.501. The van der Waals surface area contributed by atoms with Gasteiger partial charge >= 0.3 is 11.9 Å². The normalized spacial score (nSPS) is 12.0. The van der Waals surface area contributed by atoms with Crippen molar-refractivity contribution in [1.82, 2.24) is 10.0 Å². The van der Waals surface area contributed by atoms with Crippen molar-refractivity contribution in [2.75, 3.05) is 26.2 Å². The van der Waals surface area contributed by atoms with Crippen LogP contribution in [0.4, 0.5) is 0 Å². The lowest BCUT2D eigenvalue weighted by Crippen LogP contribution is -2.39. The van der Waals surface area contributed by atoms with E-state index in [-0.39, 0.29) is 6.61 Å². The smallest absolute Gasteiger partial charge is 0.414 e. The molecule has 0 aliphatic rings. The molecule has 5 N–H and O–H groups in total. The minimum Gasteiger partial charge on any atom is -0.491 e. The SMILES string of the molecule is CC(C)S(=O)(=O)NCCNCC(O)COc1ccccc1.O=C(O)C(=O)O. The molecule has 0 aliphatic heterocycles. The molecular weight excluding hydrogens is 380 g/mol. The van der Waals surface area contributed by atoms with Crippen LogP contribution in [-0.4, -0.2) is 73.3 Å². The molecule has 1 atom stereocenters. The predicted molar refractivity (Wildman–Crippen MR) is 98.1 cm³/mol. The summed E-state index contributed by atoms with van der Waals surface area (Å²) in [5, 5.41) is 27.0. The van der Waals surface area contributed by atoms with Crippen LogP contribution in [-0.2, 0) is 19.6 Å². The van der Waals surface area contributed by atoms with Gasteiger partial charge in [0.05, 0.1) is 5.25 Å². The van der Waals surface area contributed by atoms with Crippen LogP contribution >= 0.6 is 0 Å². The third-order valence-electron chi connectivity index (χ3n) is 2.97. The standard InChI is InChI=1S/C14H24N2O4S.C2H2O4/c1-12(2)21(18,19)16-9-8-15-10-13(17)11-20-14-6-4-3-5-7-14;3-1(4)2(5)6/h3-7,12-13,15-17H,8-11H2,1-2H3;(H,3,4)(H,5,6). The number of aliphatic hydroxyl groups is 1. The summed E-state index contributed by atoms with van der Waals surface area (Å²) in [6.45, 7) is 4.53. The topological polar surface area (TPSA) is 162 Å². The molecule has 0 amide bonds. The highest BCUT2D eigenvalue weighted by Crippen LogP contribution is 2.08. The number of carboxylic acid groups (broad SMARTS) is 2. The van der Waals surface area contributed by atoms with E-state index in [9.17, 15) is 13.5 Å². The number of sulfonamides is 1. The molecular formula is C16H26N2O8S. The molecule has 0 spiro atoms. The van der Waals surface area contributed by atoms with Crippen LogP contribution in [0.2, 0.25) is 0 Å². The fraction of sp³-hybridized carbons (Fsp3) is 0.500. The molecule has 1 aromatic carbocycles. The highest BCUT2D eigenvalue weighted by molar-refractivity contribution is 7.90. The minimum absolute atomic E-state index is 0.189. The monoisotopic (exact) mass is 406 g/mol. The first-order chi connectivity index (χ1) is 12.6.